The molecule has 0 aromatic heterocycles. The van der Waals surface area contributed by atoms with Gasteiger partial charge in [0.1, 0.15) is 0 Å². The lowest BCUT2D eigenvalue weighted by Gasteiger charge is -2.37. The summed E-state index contributed by atoms with van der Waals surface area (Å²) in [6.07, 6.45) is 1.65. The largest absolute Gasteiger partial charge is 0.329 e. The van der Waals surface area contributed by atoms with Crippen LogP contribution in [0.25, 0.3) is 0 Å². The Labute approximate surface area is 132 Å². The topological polar surface area (TPSA) is 46.2 Å². The van der Waals surface area contributed by atoms with E-state index in [2.05, 4.69) is 35.1 Å². The van der Waals surface area contributed by atoms with Crippen molar-refractivity contribution in [2.45, 2.75) is 39.0 Å². The van der Waals surface area contributed by atoms with Crippen LogP contribution in [0.5, 0.6) is 0 Å². The van der Waals surface area contributed by atoms with Gasteiger partial charge in [0, 0.05) is 34.5 Å². The first-order chi connectivity index (χ1) is 9.85. The van der Waals surface area contributed by atoms with Gasteiger partial charge in [0.05, 0.1) is 0 Å². The summed E-state index contributed by atoms with van der Waals surface area (Å²) in [4.78, 5) is 24.6. The van der Waals surface area contributed by atoms with E-state index in [1.165, 1.54) is 0 Å². The molecule has 3 rings (SSSR count). The van der Waals surface area contributed by atoms with E-state index in [9.17, 15) is 9.59 Å². The number of hydrogen-bond donors (Lipinski definition) is 1. The fourth-order valence-corrected chi connectivity index (χ4v) is 3.78. The Morgan fingerprint density at radius 1 is 1.24 bits per heavy atom. The third-order valence-corrected chi connectivity index (χ3v) is 4.69. The highest BCUT2D eigenvalue weighted by Crippen LogP contribution is 2.44. The monoisotopic (exact) mass is 347 g/mol. The number of hydrogen-bond acceptors (Lipinski definition) is 2. The molecule has 0 bridgehead atoms. The molecule has 0 saturated carbocycles. The van der Waals surface area contributed by atoms with Gasteiger partial charge in [-0.25, -0.2) is 0 Å². The molecule has 1 unspecified atom stereocenters. The molecule has 1 aromatic carbocycles. The molecule has 110 valence electrons. The van der Waals surface area contributed by atoms with Crippen molar-refractivity contribution in [3.8, 4) is 0 Å². The normalized spacial score (nSPS) is 24.6. The molecule has 1 aromatic rings. The number of carbonyl (C=O) groups is 2. The number of benzene rings is 1. The van der Waals surface area contributed by atoms with Crippen LogP contribution in [0.4, 0.5) is 0 Å². The van der Waals surface area contributed by atoms with E-state index in [4.69, 9.17) is 0 Å². The maximum Gasteiger partial charge on any atom is 0.225 e. The molecule has 1 atom stereocenters. The fourth-order valence-electron chi connectivity index (χ4n) is 3.37. The van der Waals surface area contributed by atoms with Gasteiger partial charge in [-0.1, -0.05) is 41.9 Å². The van der Waals surface area contributed by atoms with Crippen LogP contribution in [0.2, 0.25) is 0 Å². The first-order valence-corrected chi connectivity index (χ1v) is 7.96. The van der Waals surface area contributed by atoms with E-state index in [0.29, 0.717) is 12.8 Å². The van der Waals surface area contributed by atoms with Crippen LogP contribution in [0.1, 0.15) is 44.6 Å². The summed E-state index contributed by atoms with van der Waals surface area (Å²) in [5, 5.41) is 2.93. The van der Waals surface area contributed by atoms with Crippen molar-refractivity contribution in [1.82, 2.24) is 5.32 Å². The van der Waals surface area contributed by atoms with E-state index >= 15 is 0 Å². The summed E-state index contributed by atoms with van der Waals surface area (Å²) in [6, 6.07) is 7.89. The molecular formula is C17H18BrNO2. The maximum atomic E-state index is 12.6. The van der Waals surface area contributed by atoms with E-state index in [1.807, 2.05) is 24.3 Å². The van der Waals surface area contributed by atoms with Crippen LogP contribution in [0, 0.1) is 5.41 Å². The standard InChI is InChI=1S/C17H18BrNO2/c1-17(2)8-13-16(14(20)9-17)12(7-15(21)19-13)10-4-3-5-11(18)6-10/h3-6,12H,7-9H2,1-2H3,(H,19,21). The SMILES string of the molecule is CC1(C)CC(=O)C2=C(C1)NC(=O)CC2c1cccc(Br)c1. The molecule has 1 heterocycles. The molecule has 1 N–H and O–H groups in total. The minimum Gasteiger partial charge on any atom is -0.329 e. The summed E-state index contributed by atoms with van der Waals surface area (Å²) in [6.45, 7) is 4.15. The molecule has 0 radical (unpaired) electrons. The number of ketones is 1. The molecule has 0 fully saturated rings. The second-order valence-electron chi connectivity index (χ2n) is 6.69. The lowest BCUT2D eigenvalue weighted by atomic mass is 9.70. The zero-order chi connectivity index (χ0) is 15.2. The molecule has 21 heavy (non-hydrogen) atoms. The Bertz CT molecular complexity index is 661. The number of carbonyl (C=O) groups excluding carboxylic acids is 2. The Hall–Kier alpha value is -1.42. The molecule has 3 nitrogen and oxygen atoms in total. The molecule has 1 aliphatic carbocycles. The summed E-state index contributed by atoms with van der Waals surface area (Å²) in [7, 11) is 0. The molecule has 2 aliphatic rings. The van der Waals surface area contributed by atoms with Gasteiger partial charge in [-0.15, -0.1) is 0 Å². The van der Waals surface area contributed by atoms with Crippen LogP contribution in [-0.2, 0) is 9.59 Å². The van der Waals surface area contributed by atoms with Gasteiger partial charge in [-0.2, -0.15) is 0 Å². The average Bonchev–Trinajstić information content (AvgIpc) is 2.35. The number of amides is 1. The number of Topliss-reactive ketones (excluding diaryl/α,β-unsaturated/α-hetero) is 1. The third-order valence-electron chi connectivity index (χ3n) is 4.20. The van der Waals surface area contributed by atoms with Crippen molar-refractivity contribution < 1.29 is 9.59 Å². The summed E-state index contributed by atoms with van der Waals surface area (Å²) < 4.78 is 0.969. The molecule has 4 heteroatoms. The second kappa shape index (κ2) is 5.09. The van der Waals surface area contributed by atoms with Crippen LogP contribution < -0.4 is 5.32 Å². The van der Waals surface area contributed by atoms with Crippen LogP contribution in [0.3, 0.4) is 0 Å². The summed E-state index contributed by atoms with van der Waals surface area (Å²) in [5.41, 5.74) is 2.59. The molecule has 1 aliphatic heterocycles. The predicted octanol–water partition coefficient (Wildman–Crippen LogP) is 3.70. The van der Waals surface area contributed by atoms with Gasteiger partial charge in [0.15, 0.2) is 5.78 Å². The highest BCUT2D eigenvalue weighted by atomic mass is 79.9. The third kappa shape index (κ3) is 2.82. The van der Waals surface area contributed by atoms with Gasteiger partial charge in [0.2, 0.25) is 5.91 Å². The lowest BCUT2D eigenvalue weighted by molar-refractivity contribution is -0.122. The predicted molar refractivity (Wildman–Crippen MR) is 84.7 cm³/mol. The van der Waals surface area contributed by atoms with E-state index in [1.54, 1.807) is 0 Å². The molecule has 1 amide bonds. The van der Waals surface area contributed by atoms with Gasteiger partial charge < -0.3 is 5.32 Å². The van der Waals surface area contributed by atoms with Crippen molar-refractivity contribution in [3.63, 3.8) is 0 Å². The Balaban J connectivity index is 2.08. The zero-order valence-electron chi connectivity index (χ0n) is 12.2. The number of rotatable bonds is 1. The fraction of sp³-hybridized carbons (Fsp3) is 0.412. The van der Waals surface area contributed by atoms with Gasteiger partial charge in [-0.3, -0.25) is 9.59 Å². The highest BCUT2D eigenvalue weighted by molar-refractivity contribution is 9.10. The van der Waals surface area contributed by atoms with Crippen molar-refractivity contribution in [2.75, 3.05) is 0 Å². The van der Waals surface area contributed by atoms with Gasteiger partial charge in [-0.05, 0) is 29.5 Å². The summed E-state index contributed by atoms with van der Waals surface area (Å²) >= 11 is 3.46. The minimum absolute atomic E-state index is 0.00391. The van der Waals surface area contributed by atoms with Gasteiger partial charge >= 0.3 is 0 Å². The molecule has 0 spiro atoms. The Kier molecular flexibility index (Phi) is 3.52. The highest BCUT2D eigenvalue weighted by Gasteiger charge is 2.40. The summed E-state index contributed by atoms with van der Waals surface area (Å²) in [5.74, 6) is 0.0605. The van der Waals surface area contributed by atoms with Crippen molar-refractivity contribution in [1.29, 1.82) is 0 Å². The Morgan fingerprint density at radius 3 is 2.71 bits per heavy atom. The quantitative estimate of drug-likeness (QED) is 0.841. The maximum absolute atomic E-state index is 12.6. The van der Waals surface area contributed by atoms with E-state index in [-0.39, 0.29) is 23.0 Å². The number of allylic oxidation sites excluding steroid dienone is 2. The van der Waals surface area contributed by atoms with Crippen LogP contribution >= 0.6 is 15.9 Å². The number of nitrogens with one attached hydrogen (secondary N) is 1. The zero-order valence-corrected chi connectivity index (χ0v) is 13.8. The lowest BCUT2D eigenvalue weighted by Crippen LogP contribution is -2.40. The minimum atomic E-state index is -0.116. The van der Waals surface area contributed by atoms with Gasteiger partial charge in [0.25, 0.3) is 0 Å². The average molecular weight is 348 g/mol. The molecular weight excluding hydrogens is 330 g/mol. The van der Waals surface area contributed by atoms with Crippen LogP contribution in [-0.4, -0.2) is 11.7 Å². The number of halogens is 1. The second-order valence-corrected chi connectivity index (χ2v) is 7.61. The van der Waals surface area contributed by atoms with Crippen molar-refractivity contribution in [3.05, 3.63) is 45.6 Å². The van der Waals surface area contributed by atoms with Crippen molar-refractivity contribution >= 4 is 27.6 Å². The van der Waals surface area contributed by atoms with E-state index < -0.39 is 0 Å². The van der Waals surface area contributed by atoms with E-state index in [0.717, 1.165) is 27.7 Å². The van der Waals surface area contributed by atoms with Crippen LogP contribution in [0.15, 0.2) is 40.0 Å². The first-order valence-electron chi connectivity index (χ1n) is 7.17. The smallest absolute Gasteiger partial charge is 0.225 e. The Morgan fingerprint density at radius 2 is 2.00 bits per heavy atom. The first kappa shape index (κ1) is 14.5. The molecule has 0 saturated heterocycles. The van der Waals surface area contributed by atoms with Crippen molar-refractivity contribution in [2.24, 2.45) is 5.41 Å².